The Bertz CT molecular complexity index is 6020. The number of benzene rings is 8. The summed E-state index contributed by atoms with van der Waals surface area (Å²) < 4.78 is 118. The van der Waals surface area contributed by atoms with Crippen LogP contribution < -0.4 is 37.9 Å². The molecule has 4 aliphatic carbocycles. The number of methoxy groups -OCH3 is 8. The van der Waals surface area contributed by atoms with E-state index in [0.717, 1.165) is 139 Å². The number of carbonyl (C=O) groups is 4. The molecule has 0 fully saturated rings. The van der Waals surface area contributed by atoms with Crippen molar-refractivity contribution in [2.24, 2.45) is 0 Å². The van der Waals surface area contributed by atoms with E-state index in [1.165, 1.54) is 143 Å². The van der Waals surface area contributed by atoms with E-state index in [1.54, 1.807) is 84.9 Å². The maximum atomic E-state index is 14.1. The number of nitrogens with zero attached hydrogens (tertiary/aromatic N) is 4. The van der Waals surface area contributed by atoms with E-state index >= 15 is 0 Å². The largest absolute Gasteiger partial charge is 0.502 e. The van der Waals surface area contributed by atoms with Gasteiger partial charge in [-0.2, -0.15) is 0 Å². The van der Waals surface area contributed by atoms with Crippen LogP contribution in [0.15, 0.2) is 211 Å². The van der Waals surface area contributed by atoms with E-state index < -0.39 is 0 Å². The molecule has 0 bridgehead atoms. The van der Waals surface area contributed by atoms with Crippen molar-refractivity contribution < 1.29 is 113 Å². The van der Waals surface area contributed by atoms with Gasteiger partial charge in [-0.3, -0.25) is 19.2 Å². The fourth-order valence-corrected chi connectivity index (χ4v) is 16.3. The molecule has 0 aliphatic heterocycles. The summed E-state index contributed by atoms with van der Waals surface area (Å²) in [5, 5.41) is 51.8. The average Bonchev–Trinajstić information content (AvgIpc) is 1.63. The summed E-state index contributed by atoms with van der Waals surface area (Å²) in [4.78, 5) is 53.6. The molecule has 4 N–H and O–H groups in total. The first-order chi connectivity index (χ1) is 63.1. The van der Waals surface area contributed by atoms with Gasteiger partial charge in [-0.05, 0) is 308 Å². The second kappa shape index (κ2) is 42.0. The summed E-state index contributed by atoms with van der Waals surface area (Å²) >= 11 is 0. The molecule has 674 valence electrons. The van der Waals surface area contributed by atoms with Crippen molar-refractivity contribution >= 4 is 92.0 Å². The number of hydrogen-bond donors (Lipinski definition) is 4. The maximum Gasteiger partial charge on any atom is 0.263 e. The summed E-state index contributed by atoms with van der Waals surface area (Å²) in [5.41, 5.74) is 22.2. The van der Waals surface area contributed by atoms with Gasteiger partial charge in [0.2, 0.25) is 28.8 Å². The van der Waals surface area contributed by atoms with Gasteiger partial charge in [0.25, 0.3) is 5.89 Å². The zero-order valence-corrected chi connectivity index (χ0v) is 73.9. The molecule has 0 saturated heterocycles. The van der Waals surface area contributed by atoms with Crippen LogP contribution in [0, 0.1) is 23.3 Å². The number of rotatable bonds is 31. The second-order valence-corrected chi connectivity index (χ2v) is 30.9. The molecule has 0 atom stereocenters. The van der Waals surface area contributed by atoms with Gasteiger partial charge >= 0.3 is 0 Å². The topological polar surface area (TPSA) is 327 Å². The van der Waals surface area contributed by atoms with Crippen molar-refractivity contribution in [3.05, 3.63) is 306 Å². The fourth-order valence-electron chi connectivity index (χ4n) is 16.3. The molecule has 28 heteroatoms. The quantitative estimate of drug-likeness (QED) is 0.0232. The second-order valence-electron chi connectivity index (χ2n) is 30.9. The minimum atomic E-state index is -0.345. The molecule has 131 heavy (non-hydrogen) atoms. The minimum absolute atomic E-state index is 0.0236. The lowest BCUT2D eigenvalue weighted by molar-refractivity contribution is -0.119. The van der Waals surface area contributed by atoms with Gasteiger partial charge < -0.3 is 76.3 Å². The highest BCUT2D eigenvalue weighted by molar-refractivity contribution is 6.10. The summed E-state index contributed by atoms with van der Waals surface area (Å²) in [6, 6.07) is 35.7. The molecule has 4 aromatic heterocycles. The number of ketones is 4. The molecule has 16 rings (SSSR count). The maximum absolute atomic E-state index is 14.1. The molecule has 8 aromatic carbocycles. The molecular weight excluding hydrogens is 1690 g/mol. The van der Waals surface area contributed by atoms with E-state index in [2.05, 4.69) is 20.5 Å². The van der Waals surface area contributed by atoms with Gasteiger partial charge in [0.1, 0.15) is 65.2 Å². The van der Waals surface area contributed by atoms with Crippen LogP contribution in [0.1, 0.15) is 174 Å². The number of oxazole rings is 1. The number of aromatic hydroxyl groups is 4. The highest BCUT2D eigenvalue weighted by Crippen LogP contribution is 2.52. The first-order valence-corrected chi connectivity index (χ1v) is 41.5. The van der Waals surface area contributed by atoms with Crippen LogP contribution in [-0.2, 0) is 33.6 Å². The van der Waals surface area contributed by atoms with Crippen LogP contribution >= 0.6 is 0 Å². The number of ether oxygens (including phenoxy) is 8. The summed E-state index contributed by atoms with van der Waals surface area (Å²) in [5.74, 6) is 1.17. The first-order valence-electron chi connectivity index (χ1n) is 41.5. The Kier molecular flexibility index (Phi) is 29.8. The molecule has 24 nitrogen and oxygen atoms in total. The lowest BCUT2D eigenvalue weighted by Crippen LogP contribution is -2.03. The lowest BCUT2D eigenvalue weighted by Gasteiger charge is -2.11. The number of aromatic nitrogens is 4. The van der Waals surface area contributed by atoms with Crippen LogP contribution in [-0.4, -0.2) is 121 Å². The number of allylic oxidation sites excluding steroid dienone is 12. The Labute approximate surface area is 752 Å². The third kappa shape index (κ3) is 21.4. The summed E-state index contributed by atoms with van der Waals surface area (Å²) in [6.45, 7) is 7.85. The SMILES string of the molecule is COc1cc(/C=C2/C(C)=C(CCC(=O)Cc3ccno3)c3cc(F)ccc32)cc(OC)c1O.COc1cc(/C=C2/C(C)=C(CCC(=O)Cc3ccon3)c3cc(F)ccc32)cc(OC)c1O.COc1cc(/C=C2/C(C)=C(CCC(=O)Cc3cnoc3)c3cc(F)ccc32)cc(OC)c1O.COc1cc(/C=C2/C(C)=C(CCC(=O)c3ncco3)c3cc(F)ccc32)cc(OC)c1O. The summed E-state index contributed by atoms with van der Waals surface area (Å²) in [7, 11) is 11.8. The zero-order chi connectivity index (χ0) is 93.4. The Morgan fingerprint density at radius 3 is 0.977 bits per heavy atom. The molecule has 0 unspecified atom stereocenters. The number of fused-ring (bicyclic) bond motifs is 4. The van der Waals surface area contributed by atoms with Gasteiger partial charge in [0.05, 0.1) is 94.0 Å². The van der Waals surface area contributed by atoms with Crippen molar-refractivity contribution in [1.82, 2.24) is 20.5 Å². The van der Waals surface area contributed by atoms with Gasteiger partial charge in [-0.25, -0.2) is 22.5 Å². The minimum Gasteiger partial charge on any atom is -0.502 e. The molecule has 4 heterocycles. The van der Waals surface area contributed by atoms with Crippen molar-refractivity contribution in [3.8, 4) is 69.0 Å². The lowest BCUT2D eigenvalue weighted by atomic mass is 9.98. The van der Waals surface area contributed by atoms with Crippen LogP contribution in [0.2, 0.25) is 0 Å². The van der Waals surface area contributed by atoms with E-state index in [-0.39, 0.29) is 112 Å². The molecular formula is C103H94F4N4O20. The average molecular weight is 1780 g/mol. The number of phenolic OH excluding ortho intramolecular Hbond substituents is 4. The van der Waals surface area contributed by atoms with E-state index in [4.69, 9.17) is 55.9 Å². The Hall–Kier alpha value is -15.5. The predicted octanol–water partition coefficient (Wildman–Crippen LogP) is 21.9. The van der Waals surface area contributed by atoms with Crippen molar-refractivity contribution in [2.45, 2.75) is 98.3 Å². The number of phenols is 4. The zero-order valence-electron chi connectivity index (χ0n) is 73.9. The normalized spacial score (nSPS) is 14.0. The van der Waals surface area contributed by atoms with Crippen molar-refractivity contribution in [2.75, 3.05) is 56.9 Å². The van der Waals surface area contributed by atoms with Crippen molar-refractivity contribution in [1.29, 1.82) is 0 Å². The van der Waals surface area contributed by atoms with Gasteiger partial charge in [0.15, 0.2) is 46.0 Å². The number of Topliss-reactive ketones (excluding diaryl/α,β-unsaturated/α-hetero) is 4. The van der Waals surface area contributed by atoms with Gasteiger partial charge in [-0.15, -0.1) is 0 Å². The van der Waals surface area contributed by atoms with E-state index in [0.29, 0.717) is 90.9 Å². The van der Waals surface area contributed by atoms with Crippen LogP contribution in [0.5, 0.6) is 69.0 Å². The molecule has 12 aromatic rings. The monoisotopic (exact) mass is 1780 g/mol. The Morgan fingerprint density at radius 1 is 0.366 bits per heavy atom. The third-order valence-electron chi connectivity index (χ3n) is 22.9. The summed E-state index contributed by atoms with van der Waals surface area (Å²) in [6.07, 6.45) is 20.1. The molecule has 0 radical (unpaired) electrons. The molecule has 0 spiro atoms. The fraction of sp³-hybridized carbons (Fsp3) is 0.223. The smallest absolute Gasteiger partial charge is 0.263 e. The number of hydrogen-bond acceptors (Lipinski definition) is 24. The van der Waals surface area contributed by atoms with Crippen molar-refractivity contribution in [3.63, 3.8) is 0 Å². The van der Waals surface area contributed by atoms with E-state index in [1.807, 2.05) is 52.0 Å². The number of carbonyl (C=O) groups excluding carboxylic acids is 4. The van der Waals surface area contributed by atoms with Crippen LogP contribution in [0.3, 0.4) is 0 Å². The Balaban J connectivity index is 0.000000149. The standard InChI is InChI=1S/3C26H24FNO5.C25H22FNO5/c1-15-20(7-5-19(29)8-17-13-28-33-14-17)23-12-18(27)4-6-21(23)22(15)9-16-10-24(31-2)26(30)25(11-16)32-3;1-15-20(7-5-19(29)14-18-8-9-33-28-18)23-13-17(27)4-6-21(23)22(15)10-16-11-24(31-2)26(30)25(12-16)32-3;1-15-20(7-5-18(29)14-19-8-9-28-33-19)23-13-17(27)4-6-21(23)22(15)10-16-11-24(31-2)26(30)25(12-16)32-3;1-14-17(6-7-21(28)25-27-8-9-32-25)20-13-16(26)4-5-18(20)19(14)10-15-11-22(30-2)24(29)23(12-15)31-3/h4,6,9-14,30H,5,7-8H2,1-3H3;2*4,6,8-13,30H,5,7,14H2,1-3H3;4-5,8-13,29H,6-7H2,1-3H3/b22-9-;2*22-10-;19-10-. The number of halogens is 4. The van der Waals surface area contributed by atoms with Crippen LogP contribution in [0.4, 0.5) is 17.6 Å². The Morgan fingerprint density at radius 2 is 0.695 bits per heavy atom. The highest BCUT2D eigenvalue weighted by Gasteiger charge is 2.32. The first kappa shape index (κ1) is 93.2. The molecule has 0 saturated carbocycles. The van der Waals surface area contributed by atoms with Gasteiger partial charge in [-0.1, -0.05) is 39.7 Å². The predicted molar refractivity (Wildman–Crippen MR) is 486 cm³/mol. The third-order valence-corrected chi connectivity index (χ3v) is 22.9. The molecule has 4 aliphatic rings. The van der Waals surface area contributed by atoms with E-state index in [9.17, 15) is 57.2 Å². The van der Waals surface area contributed by atoms with Crippen LogP contribution in [0.25, 0.3) is 68.9 Å². The highest BCUT2D eigenvalue weighted by atomic mass is 19.1. The molecule has 0 amide bonds. The van der Waals surface area contributed by atoms with Gasteiger partial charge in [0, 0.05) is 49.8 Å².